The largest absolute Gasteiger partial charge is 0.488 e. The maximum absolute atomic E-state index is 14.2. The third kappa shape index (κ3) is 4.57. The average Bonchev–Trinajstić information content (AvgIpc) is 2.91. The Morgan fingerprint density at radius 1 is 1.21 bits per heavy atom. The predicted molar refractivity (Wildman–Crippen MR) is 106 cm³/mol. The second-order valence-electron chi connectivity index (χ2n) is 7.90. The molecule has 1 aliphatic rings. The molecule has 7 heteroatoms. The summed E-state index contributed by atoms with van der Waals surface area (Å²) >= 11 is 1.12. The van der Waals surface area contributed by atoms with Crippen LogP contribution in [-0.2, 0) is 4.74 Å². The molecule has 154 valence electrons. The van der Waals surface area contributed by atoms with Crippen LogP contribution in [0, 0.1) is 17.7 Å². The van der Waals surface area contributed by atoms with Gasteiger partial charge < -0.3 is 14.2 Å². The van der Waals surface area contributed by atoms with Crippen LogP contribution in [0.3, 0.4) is 0 Å². The number of rotatable bonds is 6. The SMILES string of the molecule is CC1CC(C)CC(Oc2c(C(=O)OC(C)C)sc3cc(F)c(OCF)cc23)C1. The first-order valence-electron chi connectivity index (χ1n) is 9.60. The van der Waals surface area contributed by atoms with E-state index in [0.717, 1.165) is 30.6 Å². The highest BCUT2D eigenvalue weighted by atomic mass is 32.1. The van der Waals surface area contributed by atoms with E-state index in [4.69, 9.17) is 14.2 Å². The molecule has 0 amide bonds. The highest BCUT2D eigenvalue weighted by molar-refractivity contribution is 7.21. The fourth-order valence-corrected chi connectivity index (χ4v) is 4.93. The summed E-state index contributed by atoms with van der Waals surface area (Å²) < 4.78 is 43.7. The fraction of sp³-hybridized carbons (Fsp3) is 0.571. The number of hydrogen-bond donors (Lipinski definition) is 0. The van der Waals surface area contributed by atoms with Gasteiger partial charge in [-0.2, -0.15) is 0 Å². The molecule has 1 fully saturated rings. The van der Waals surface area contributed by atoms with Crippen molar-refractivity contribution >= 4 is 27.4 Å². The lowest BCUT2D eigenvalue weighted by atomic mass is 9.82. The van der Waals surface area contributed by atoms with Crippen molar-refractivity contribution in [2.24, 2.45) is 11.8 Å². The molecule has 4 nitrogen and oxygen atoms in total. The predicted octanol–water partition coefficient (Wildman–Crippen LogP) is 6.11. The minimum atomic E-state index is -1.14. The van der Waals surface area contributed by atoms with Gasteiger partial charge in [0.15, 0.2) is 22.2 Å². The smallest absolute Gasteiger partial charge is 0.352 e. The van der Waals surface area contributed by atoms with Gasteiger partial charge in [-0.3, -0.25) is 0 Å². The van der Waals surface area contributed by atoms with Crippen molar-refractivity contribution in [1.29, 1.82) is 0 Å². The molecular formula is C21H26F2O4S. The van der Waals surface area contributed by atoms with Crippen LogP contribution in [-0.4, -0.2) is 25.0 Å². The first-order valence-corrected chi connectivity index (χ1v) is 10.4. The first-order chi connectivity index (χ1) is 13.3. The molecule has 0 spiro atoms. The van der Waals surface area contributed by atoms with Crippen LogP contribution in [0.15, 0.2) is 12.1 Å². The summed E-state index contributed by atoms with van der Waals surface area (Å²) in [6, 6.07) is 2.65. The number of thiophene rings is 1. The van der Waals surface area contributed by atoms with Gasteiger partial charge in [0.2, 0.25) is 6.86 Å². The van der Waals surface area contributed by atoms with Gasteiger partial charge in [-0.05, 0) is 57.1 Å². The Bertz CT molecular complexity index is 839. The molecule has 0 aliphatic heterocycles. The van der Waals surface area contributed by atoms with Gasteiger partial charge in [-0.1, -0.05) is 13.8 Å². The summed E-state index contributed by atoms with van der Waals surface area (Å²) in [7, 11) is 0. The number of fused-ring (bicyclic) bond motifs is 1. The summed E-state index contributed by atoms with van der Waals surface area (Å²) in [4.78, 5) is 12.9. The van der Waals surface area contributed by atoms with Gasteiger partial charge in [0.1, 0.15) is 0 Å². The van der Waals surface area contributed by atoms with Gasteiger partial charge in [0.25, 0.3) is 0 Å². The molecule has 0 N–H and O–H groups in total. The van der Waals surface area contributed by atoms with Gasteiger partial charge in [-0.15, -0.1) is 11.3 Å². The molecule has 0 bridgehead atoms. The second kappa shape index (κ2) is 8.64. The van der Waals surface area contributed by atoms with E-state index in [1.807, 2.05) is 0 Å². The van der Waals surface area contributed by atoms with Crippen molar-refractivity contribution in [3.05, 3.63) is 22.8 Å². The van der Waals surface area contributed by atoms with E-state index in [1.165, 1.54) is 12.1 Å². The normalized spacial score (nSPS) is 22.5. The van der Waals surface area contributed by atoms with Crippen molar-refractivity contribution in [3.8, 4) is 11.5 Å². The fourth-order valence-electron chi connectivity index (χ4n) is 3.90. The molecule has 1 saturated carbocycles. The zero-order valence-electron chi connectivity index (χ0n) is 16.6. The molecule has 0 saturated heterocycles. The van der Waals surface area contributed by atoms with Crippen molar-refractivity contribution < 1.29 is 27.8 Å². The van der Waals surface area contributed by atoms with Crippen molar-refractivity contribution in [3.63, 3.8) is 0 Å². The number of esters is 1. The van der Waals surface area contributed by atoms with Crippen LogP contribution in [0.1, 0.15) is 56.6 Å². The van der Waals surface area contributed by atoms with Gasteiger partial charge in [0.05, 0.1) is 12.2 Å². The minimum absolute atomic E-state index is 0.0438. The molecule has 1 aromatic heterocycles. The standard InChI is InChI=1S/C21H26F2O4S/c1-11(2)26-21(24)20-19(27-14-6-12(3)5-13(4)7-14)15-8-17(25-10-22)16(23)9-18(15)28-20/h8-9,11-14H,5-7,10H2,1-4H3. The molecule has 3 rings (SSSR count). The summed E-state index contributed by atoms with van der Waals surface area (Å²) in [5, 5.41) is 0.538. The Balaban J connectivity index is 2.04. The van der Waals surface area contributed by atoms with Crippen molar-refractivity contribution in [2.45, 2.75) is 59.2 Å². The van der Waals surface area contributed by atoms with E-state index >= 15 is 0 Å². The highest BCUT2D eigenvalue weighted by Crippen LogP contribution is 2.43. The van der Waals surface area contributed by atoms with E-state index < -0.39 is 18.6 Å². The van der Waals surface area contributed by atoms with E-state index in [0.29, 0.717) is 32.5 Å². The topological polar surface area (TPSA) is 44.8 Å². The van der Waals surface area contributed by atoms with Crippen molar-refractivity contribution in [1.82, 2.24) is 0 Å². The molecular weight excluding hydrogens is 386 g/mol. The quantitative estimate of drug-likeness (QED) is 0.537. The zero-order chi connectivity index (χ0) is 20.4. The summed E-state index contributed by atoms with van der Waals surface area (Å²) in [5.41, 5.74) is 0. The minimum Gasteiger partial charge on any atom is -0.488 e. The van der Waals surface area contributed by atoms with Crippen LogP contribution in [0.5, 0.6) is 11.5 Å². The summed E-state index contributed by atoms with van der Waals surface area (Å²) in [6.07, 6.45) is 2.58. The lowest BCUT2D eigenvalue weighted by Gasteiger charge is -2.31. The molecule has 0 radical (unpaired) electrons. The van der Waals surface area contributed by atoms with Crippen LogP contribution in [0.4, 0.5) is 8.78 Å². The van der Waals surface area contributed by atoms with E-state index in [2.05, 4.69) is 13.8 Å². The zero-order valence-corrected chi connectivity index (χ0v) is 17.4. The summed E-state index contributed by atoms with van der Waals surface area (Å²) in [5.74, 6) is 0.0331. The Labute approximate surface area is 167 Å². The number of carbonyl (C=O) groups is 1. The molecule has 1 aromatic carbocycles. The molecule has 2 unspecified atom stereocenters. The van der Waals surface area contributed by atoms with Crippen LogP contribution < -0.4 is 9.47 Å². The number of ether oxygens (including phenoxy) is 3. The van der Waals surface area contributed by atoms with E-state index in [1.54, 1.807) is 13.8 Å². The number of halogens is 2. The van der Waals surface area contributed by atoms with Crippen LogP contribution in [0.2, 0.25) is 0 Å². The Hall–Kier alpha value is -1.89. The van der Waals surface area contributed by atoms with Crippen LogP contribution >= 0.6 is 11.3 Å². The molecule has 1 heterocycles. The first kappa shape index (κ1) is 20.8. The second-order valence-corrected chi connectivity index (χ2v) is 8.96. The molecule has 28 heavy (non-hydrogen) atoms. The Morgan fingerprint density at radius 2 is 1.89 bits per heavy atom. The van der Waals surface area contributed by atoms with Gasteiger partial charge in [0, 0.05) is 10.1 Å². The molecule has 2 atom stereocenters. The Morgan fingerprint density at radius 3 is 2.50 bits per heavy atom. The summed E-state index contributed by atoms with van der Waals surface area (Å²) in [6.45, 7) is 6.78. The lowest BCUT2D eigenvalue weighted by molar-refractivity contribution is 0.0373. The van der Waals surface area contributed by atoms with Crippen molar-refractivity contribution in [2.75, 3.05) is 6.86 Å². The number of hydrogen-bond acceptors (Lipinski definition) is 5. The van der Waals surface area contributed by atoms with Gasteiger partial charge >= 0.3 is 5.97 Å². The maximum Gasteiger partial charge on any atom is 0.352 e. The Kier molecular flexibility index (Phi) is 6.43. The van der Waals surface area contributed by atoms with Crippen LogP contribution in [0.25, 0.3) is 10.1 Å². The third-order valence-corrected chi connectivity index (χ3v) is 5.97. The van der Waals surface area contributed by atoms with E-state index in [9.17, 15) is 13.6 Å². The van der Waals surface area contributed by atoms with E-state index in [-0.39, 0.29) is 18.0 Å². The monoisotopic (exact) mass is 412 g/mol. The maximum atomic E-state index is 14.2. The van der Waals surface area contributed by atoms with Gasteiger partial charge in [-0.25, -0.2) is 13.6 Å². The third-order valence-electron chi connectivity index (χ3n) is 4.85. The lowest BCUT2D eigenvalue weighted by Crippen LogP contribution is -2.29. The number of benzene rings is 1. The molecule has 2 aromatic rings. The number of alkyl halides is 1. The molecule has 1 aliphatic carbocycles. The average molecular weight is 412 g/mol. The number of carbonyl (C=O) groups excluding carboxylic acids is 1. The highest BCUT2D eigenvalue weighted by Gasteiger charge is 2.30.